The van der Waals surface area contributed by atoms with Crippen molar-refractivity contribution in [3.05, 3.63) is 120 Å². The van der Waals surface area contributed by atoms with Crippen molar-refractivity contribution >= 4 is 140 Å². The highest BCUT2D eigenvalue weighted by atomic mass is 32.2. The number of nitrogens with zero attached hydrogens (tertiary/aromatic N) is 6. The van der Waals surface area contributed by atoms with Crippen molar-refractivity contribution in [1.29, 1.82) is 0 Å². The molecule has 3 saturated heterocycles. The Bertz CT molecular complexity index is 5240. The van der Waals surface area contributed by atoms with Crippen LogP contribution >= 0.6 is 11.8 Å². The van der Waals surface area contributed by atoms with Gasteiger partial charge in [0, 0.05) is 162 Å². The van der Waals surface area contributed by atoms with E-state index in [2.05, 4.69) is 57.2 Å². The Morgan fingerprint density at radius 2 is 1.13 bits per heavy atom. The van der Waals surface area contributed by atoms with E-state index in [-0.39, 0.29) is 107 Å². The first kappa shape index (κ1) is 107. The Labute approximate surface area is 792 Å². The molecule has 3 aromatic carbocycles. The number of aromatic hydroxyl groups is 1. The zero-order valence-electron chi connectivity index (χ0n) is 78.3. The second kappa shape index (κ2) is 51.1. The predicted octanol–water partition coefficient (Wildman–Crippen LogP) is 1.83. The third kappa shape index (κ3) is 29.5. The van der Waals surface area contributed by atoms with Crippen molar-refractivity contribution in [2.75, 3.05) is 51.8 Å². The van der Waals surface area contributed by atoms with Crippen molar-refractivity contribution in [1.82, 2.24) is 81.7 Å². The van der Waals surface area contributed by atoms with E-state index >= 15 is 43.2 Å². The molecule has 15 atom stereocenters. The van der Waals surface area contributed by atoms with Gasteiger partial charge in [-0.2, -0.15) is 11.8 Å². The summed E-state index contributed by atoms with van der Waals surface area (Å²) in [5.41, 5.74) is 20.6. The van der Waals surface area contributed by atoms with E-state index in [1.165, 1.54) is 67.6 Å². The molecule has 738 valence electrons. The van der Waals surface area contributed by atoms with Gasteiger partial charge in [0.25, 0.3) is 0 Å². The van der Waals surface area contributed by atoms with Crippen LogP contribution in [-0.4, -0.2) is 296 Å². The number of carboxylic acid groups (broad SMARTS) is 1. The maximum atomic E-state index is 16.1. The number of carboxylic acids is 1. The first-order valence-electron chi connectivity index (χ1n) is 46.6. The van der Waals surface area contributed by atoms with Gasteiger partial charge in [0.15, 0.2) is 11.6 Å². The number of aromatic amines is 3. The number of nitrogens with two attached hydrogens (primary N) is 3. The van der Waals surface area contributed by atoms with Gasteiger partial charge in [-0.25, -0.2) is 4.98 Å². The van der Waals surface area contributed by atoms with Crippen molar-refractivity contribution in [2.45, 2.75) is 261 Å². The van der Waals surface area contributed by atoms with Crippen LogP contribution in [0.4, 0.5) is 0 Å². The Morgan fingerprint density at radius 1 is 0.559 bits per heavy atom. The van der Waals surface area contributed by atoms with E-state index < -0.39 is 260 Å². The molecule has 3 aliphatic heterocycles. The van der Waals surface area contributed by atoms with Gasteiger partial charge in [0.05, 0.1) is 36.2 Å². The molecule has 136 heavy (non-hydrogen) atoms. The van der Waals surface area contributed by atoms with Gasteiger partial charge in [0.2, 0.25) is 82.7 Å². The van der Waals surface area contributed by atoms with E-state index in [1.807, 2.05) is 26.0 Å². The molecule has 0 aliphatic carbocycles. The zero-order valence-corrected chi connectivity index (χ0v) is 79.1. The van der Waals surface area contributed by atoms with E-state index in [9.17, 15) is 58.5 Å². The second-order valence-corrected chi connectivity index (χ2v) is 36.9. The molecule has 9 rings (SSSR count). The monoisotopic (exact) mass is 1910 g/mol. The highest BCUT2D eigenvalue weighted by Gasteiger charge is 2.47. The quantitative estimate of drug-likeness (QED) is 0.0333. The van der Waals surface area contributed by atoms with Gasteiger partial charge in [-0.1, -0.05) is 102 Å². The number of aliphatic hydroxyl groups excluding tert-OH is 1. The normalized spacial score (nSPS) is 24.8. The van der Waals surface area contributed by atoms with E-state index in [0.29, 0.717) is 64.2 Å². The molecule has 3 fully saturated rings. The lowest BCUT2D eigenvalue weighted by atomic mass is 9.90. The summed E-state index contributed by atoms with van der Waals surface area (Å²) in [5.74, 6) is -19.8. The summed E-state index contributed by atoms with van der Waals surface area (Å²) in [7, 11) is 2.68. The number of hydrogen-bond donors (Lipinski definition) is 16. The number of benzene rings is 3. The van der Waals surface area contributed by atoms with Crippen LogP contribution in [0.5, 0.6) is 5.75 Å². The molecule has 40 nitrogen and oxygen atoms in total. The number of ketones is 3. The van der Waals surface area contributed by atoms with Gasteiger partial charge < -0.3 is 109 Å². The highest BCUT2D eigenvalue weighted by molar-refractivity contribution is 7.99. The summed E-state index contributed by atoms with van der Waals surface area (Å²) in [6.45, 7) is 9.29. The average Bonchev–Trinajstić information content (AvgIpc) is 1.58. The number of aromatic nitrogens is 4. The number of amides is 14. The lowest BCUT2D eigenvalue weighted by Crippen LogP contribution is -2.61. The number of likely N-dealkylation sites (N-methyl/N-ethyl adjacent to an activating group) is 3. The Kier molecular flexibility index (Phi) is 40.1. The van der Waals surface area contributed by atoms with Gasteiger partial charge in [-0.05, 0) is 112 Å². The van der Waals surface area contributed by atoms with Crippen LogP contribution in [0.1, 0.15) is 180 Å². The Hall–Kier alpha value is -12.9. The zero-order chi connectivity index (χ0) is 99.3. The molecule has 14 amide bonds. The number of imidazole rings is 1. The number of unbranched alkanes of at least 4 members (excludes halogenated alkanes) is 2. The number of rotatable bonds is 28. The summed E-state index contributed by atoms with van der Waals surface area (Å²) in [6.07, 6.45) is 0.496. The topological polar surface area (TPSA) is 607 Å². The number of nitrogens with one attached hydrogen (secondary N) is 10. The smallest absolute Gasteiger partial charge is 0.303 e. The minimum Gasteiger partial charge on any atom is -0.508 e. The maximum Gasteiger partial charge on any atom is 0.303 e. The molecule has 0 bridgehead atoms. The number of hydrogen-bond acceptors (Lipinski definition) is 23. The summed E-state index contributed by atoms with van der Waals surface area (Å²) in [5, 5.41) is 52.5. The molecule has 0 unspecified atom stereocenters. The molecule has 3 aliphatic rings. The molecular weight excluding hydrogens is 1780 g/mol. The number of primary amides is 2. The number of carbonyl (C=O) groups is 18. The molecule has 0 saturated carbocycles. The van der Waals surface area contributed by atoms with Crippen LogP contribution in [0.2, 0.25) is 0 Å². The number of H-pyrrole nitrogens is 3. The summed E-state index contributed by atoms with van der Waals surface area (Å²) in [4.78, 5) is 284. The van der Waals surface area contributed by atoms with Gasteiger partial charge >= 0.3 is 5.97 Å². The molecule has 0 spiro atoms. The second-order valence-electron chi connectivity index (χ2n) is 35.9. The Morgan fingerprint density at radius 3 is 1.72 bits per heavy atom. The van der Waals surface area contributed by atoms with Crippen molar-refractivity contribution in [3.63, 3.8) is 0 Å². The molecule has 19 N–H and O–H groups in total. The third-order valence-electron chi connectivity index (χ3n) is 25.3. The lowest BCUT2D eigenvalue weighted by molar-refractivity contribution is -0.150. The van der Waals surface area contributed by atoms with Crippen LogP contribution in [0.25, 0.3) is 21.8 Å². The fourth-order valence-electron chi connectivity index (χ4n) is 17.7. The van der Waals surface area contributed by atoms with Crippen LogP contribution in [0, 0.1) is 17.8 Å². The van der Waals surface area contributed by atoms with E-state index in [4.69, 9.17) is 17.2 Å². The largest absolute Gasteiger partial charge is 0.508 e. The molecule has 3 aromatic heterocycles. The number of carbonyl (C=O) groups excluding carboxylic acids is 17. The van der Waals surface area contributed by atoms with Crippen LogP contribution in [-0.2, 0) is 112 Å². The predicted molar refractivity (Wildman–Crippen MR) is 502 cm³/mol. The number of aliphatic carboxylic acids is 1. The van der Waals surface area contributed by atoms with Gasteiger partial charge in [0.1, 0.15) is 72.0 Å². The van der Waals surface area contributed by atoms with E-state index in [0.717, 1.165) is 26.5 Å². The number of thioether (sulfide) groups is 1. The molecule has 0 radical (unpaired) electrons. The van der Waals surface area contributed by atoms with Crippen molar-refractivity contribution in [2.24, 2.45) is 35.0 Å². The number of para-hydroxylation sites is 2. The van der Waals surface area contributed by atoms with Crippen LogP contribution in [0.15, 0.2) is 97.7 Å². The first-order valence-corrected chi connectivity index (χ1v) is 47.7. The van der Waals surface area contributed by atoms with Crippen molar-refractivity contribution in [3.8, 4) is 5.75 Å². The summed E-state index contributed by atoms with van der Waals surface area (Å²) in [6, 6.07) is 1.86. The SMILES string of the molecule is CCCC[C@H]1C(=O)N[C@@H](CC(C)C)C(=O)C[C@H](C(=O)CCC(N)=O)CSCC(=O)N[C@@H](Cc2ccc(O)cc2)C(=O)N(C)[C@@H](C)C(=O)C[C@@H](CC(N)=O)C(=O)N2CCC[C@H]2C(=O)N[C@@H](Cc2cnc[nH]2)C(=O)N[C@@H](CCC(=O)O)C(=O)N2C[C@H](O)C[C@H]2C(=O)N[C@@H](Cc2c[nH]c3ccccc23)C(=O)N[C@@H](CCN)C(=O)N[C@@H](Cc2c[nH]c3ccccc23)C(=O)N(CC)[C@@H](CCCC)C(=O)N1C. The molecule has 41 heteroatoms. The Balaban J connectivity index is 1.11. The lowest BCUT2D eigenvalue weighted by Gasteiger charge is -2.38. The standard InChI is InChI=1S/C95H131N19O21S/c1-9-12-23-74-88(128)106-69(37-53(4)5)80(119)42-59(78(117)31-32-81(97)120)50-136-51-83(122)103-72(38-55-26-28-61(115)29-27-55)92(132)110(7)54(6)79(118)41-56(43-82(98)121)91(131)113-36-18-25-75(113)89(129)108-71(44-60-48-99-52-102-60)87(127)105-68(30-33-84(123)124)93(133)114-49-62(116)45-77(114)90(130)107-70(39-57-46-100-65-21-16-14-19-63(57)65)86(126)104-67(34-35-96)85(125)109-73(40-58-47-101-66-22-17-15-20-64(58)66)94(134)112(11-3)76(24-13-10-2)95(135)111(74)8/h14-17,19-22,26-29,46-48,52-54,56,59,62,67-77,100-101,115-116H,9-13,18,23-25,30-45,49-51,96H2,1-8H3,(H2,97,120)(H2,98,121)(H,99,102)(H,103,122)(H,104,126)(H,105,127)(H,106,128)(H,107,130)(H,108,129)(H,109,125)(H,123,124)/t54-,56-,59-,62+,67-,68-,69-,70-,71-,72-,73-,74-,75-,76-,77-/m0/s1. The minimum absolute atomic E-state index is 0.0338. The third-order valence-corrected chi connectivity index (χ3v) is 26.4. The van der Waals surface area contributed by atoms with Crippen LogP contribution in [0.3, 0.4) is 0 Å². The molecule has 6 aromatic rings. The first-order chi connectivity index (χ1) is 64.8. The van der Waals surface area contributed by atoms with Gasteiger partial charge in [-0.15, -0.1) is 0 Å². The van der Waals surface area contributed by atoms with Gasteiger partial charge in [-0.3, -0.25) is 86.3 Å². The number of Topliss-reactive ketones (excluding diaryl/α,β-unsaturated/α-hetero) is 3. The number of fused-ring (bicyclic) bond motifs is 4. The minimum atomic E-state index is -1.82. The van der Waals surface area contributed by atoms with Crippen molar-refractivity contribution < 1.29 is 102 Å². The number of phenolic OH excluding ortho intramolecular Hbond substituents is 1. The fourth-order valence-corrected chi connectivity index (χ4v) is 18.7. The maximum absolute atomic E-state index is 16.1. The fraction of sp³-hybridized carbons (Fsp3) is 0.547. The number of phenols is 1. The number of aliphatic hydroxyl groups is 1. The average molecular weight is 1910 g/mol. The van der Waals surface area contributed by atoms with Crippen LogP contribution < -0.4 is 54.4 Å². The highest BCUT2D eigenvalue weighted by Crippen LogP contribution is 2.30. The summed E-state index contributed by atoms with van der Waals surface area (Å²) < 4.78 is 0. The molecule has 6 heterocycles. The van der Waals surface area contributed by atoms with E-state index in [1.54, 1.807) is 69.6 Å². The summed E-state index contributed by atoms with van der Waals surface area (Å²) >= 11 is 0.902. The molecular formula is C95H131N19O21S.